The highest BCUT2D eigenvalue weighted by atomic mass is 79.9. The molecule has 3 atom stereocenters. The summed E-state index contributed by atoms with van der Waals surface area (Å²) >= 11 is 9.59. The lowest BCUT2D eigenvalue weighted by Crippen LogP contribution is -2.33. The average Bonchev–Trinajstić information content (AvgIpc) is 3.03. The van der Waals surface area contributed by atoms with Crippen LogP contribution in [0.4, 0.5) is 0 Å². The standard InChI is InChI=1S/C16H19BrClNO/c1-19(9-12-8-10-5-6-11(12)7-10)16(20)13-3-2-4-14(17)15(13)18/h2-4,10-12H,5-9H2,1H3. The van der Waals surface area contributed by atoms with Crippen LogP contribution in [0.15, 0.2) is 22.7 Å². The van der Waals surface area contributed by atoms with Gasteiger partial charge in [-0.15, -0.1) is 0 Å². The lowest BCUT2D eigenvalue weighted by molar-refractivity contribution is 0.0754. The topological polar surface area (TPSA) is 20.3 Å². The Morgan fingerprint density at radius 1 is 1.40 bits per heavy atom. The van der Waals surface area contributed by atoms with Gasteiger partial charge in [0, 0.05) is 18.1 Å². The molecule has 0 saturated heterocycles. The summed E-state index contributed by atoms with van der Waals surface area (Å²) in [6.45, 7) is 0.864. The fourth-order valence-electron chi connectivity index (χ4n) is 3.91. The van der Waals surface area contributed by atoms with Crippen LogP contribution in [0, 0.1) is 17.8 Å². The number of fused-ring (bicyclic) bond motifs is 2. The third kappa shape index (κ3) is 2.62. The molecule has 4 heteroatoms. The number of benzene rings is 1. The highest BCUT2D eigenvalue weighted by Gasteiger charge is 2.40. The van der Waals surface area contributed by atoms with Crippen molar-refractivity contribution in [3.63, 3.8) is 0 Å². The maximum absolute atomic E-state index is 12.5. The maximum atomic E-state index is 12.5. The number of hydrogen-bond acceptors (Lipinski definition) is 1. The molecule has 3 rings (SSSR count). The average molecular weight is 357 g/mol. The lowest BCUT2D eigenvalue weighted by Gasteiger charge is -2.27. The van der Waals surface area contributed by atoms with Crippen LogP contribution in [0.5, 0.6) is 0 Å². The molecule has 1 aromatic rings. The first-order valence-electron chi connectivity index (χ1n) is 7.25. The first kappa shape index (κ1) is 14.4. The van der Waals surface area contributed by atoms with Gasteiger partial charge >= 0.3 is 0 Å². The third-order valence-electron chi connectivity index (χ3n) is 4.92. The first-order chi connectivity index (χ1) is 9.56. The molecule has 1 aromatic carbocycles. The Bertz CT molecular complexity index is 533. The van der Waals surface area contributed by atoms with Crippen LogP contribution in [-0.2, 0) is 0 Å². The van der Waals surface area contributed by atoms with Gasteiger partial charge in [0.05, 0.1) is 10.6 Å². The van der Waals surface area contributed by atoms with E-state index >= 15 is 0 Å². The Morgan fingerprint density at radius 3 is 2.85 bits per heavy atom. The molecule has 20 heavy (non-hydrogen) atoms. The second kappa shape index (κ2) is 5.69. The molecule has 0 aromatic heterocycles. The Kier molecular flexibility index (Phi) is 4.09. The van der Waals surface area contributed by atoms with Crippen LogP contribution in [-0.4, -0.2) is 24.4 Å². The van der Waals surface area contributed by atoms with Gasteiger partial charge in [0.25, 0.3) is 5.91 Å². The zero-order chi connectivity index (χ0) is 14.3. The number of carbonyl (C=O) groups is 1. The van der Waals surface area contributed by atoms with Gasteiger partial charge in [0.15, 0.2) is 0 Å². The smallest absolute Gasteiger partial charge is 0.255 e. The Balaban J connectivity index is 1.69. The predicted octanol–water partition coefficient (Wildman–Crippen LogP) is 4.61. The van der Waals surface area contributed by atoms with Crippen molar-refractivity contribution in [1.29, 1.82) is 0 Å². The van der Waals surface area contributed by atoms with Gasteiger partial charge in [0.1, 0.15) is 0 Å². The van der Waals surface area contributed by atoms with Crippen molar-refractivity contribution in [2.45, 2.75) is 25.7 Å². The van der Waals surface area contributed by atoms with E-state index in [-0.39, 0.29) is 5.91 Å². The van der Waals surface area contributed by atoms with Crippen LogP contribution >= 0.6 is 27.5 Å². The second-order valence-corrected chi connectivity index (χ2v) is 7.45. The van der Waals surface area contributed by atoms with E-state index in [1.807, 2.05) is 24.1 Å². The second-order valence-electron chi connectivity index (χ2n) is 6.22. The van der Waals surface area contributed by atoms with Gasteiger partial charge < -0.3 is 4.90 Å². The number of nitrogens with zero attached hydrogens (tertiary/aromatic N) is 1. The van der Waals surface area contributed by atoms with Gasteiger partial charge in [-0.1, -0.05) is 24.1 Å². The highest BCUT2D eigenvalue weighted by Crippen LogP contribution is 2.48. The molecule has 2 saturated carbocycles. The Morgan fingerprint density at radius 2 is 2.20 bits per heavy atom. The molecule has 0 heterocycles. The molecule has 0 N–H and O–H groups in total. The molecule has 1 amide bonds. The summed E-state index contributed by atoms with van der Waals surface area (Å²) in [4.78, 5) is 14.4. The van der Waals surface area contributed by atoms with E-state index in [1.165, 1.54) is 25.7 Å². The largest absolute Gasteiger partial charge is 0.341 e. The van der Waals surface area contributed by atoms with E-state index in [4.69, 9.17) is 11.6 Å². The normalized spacial score (nSPS) is 27.9. The van der Waals surface area contributed by atoms with Gasteiger partial charge in [-0.05, 0) is 65.1 Å². The van der Waals surface area contributed by atoms with E-state index in [0.29, 0.717) is 16.5 Å². The molecule has 2 fully saturated rings. The molecule has 2 nitrogen and oxygen atoms in total. The number of rotatable bonds is 3. The summed E-state index contributed by atoms with van der Waals surface area (Å²) in [7, 11) is 1.89. The number of carbonyl (C=O) groups excluding carboxylic acids is 1. The molecular weight excluding hydrogens is 338 g/mol. The van der Waals surface area contributed by atoms with Crippen molar-refractivity contribution in [1.82, 2.24) is 4.90 Å². The van der Waals surface area contributed by atoms with Crippen molar-refractivity contribution < 1.29 is 4.79 Å². The summed E-state index contributed by atoms with van der Waals surface area (Å²) in [6, 6.07) is 5.51. The monoisotopic (exact) mass is 355 g/mol. The van der Waals surface area contributed by atoms with Crippen LogP contribution in [0.25, 0.3) is 0 Å². The van der Waals surface area contributed by atoms with Crippen LogP contribution in [0.2, 0.25) is 5.02 Å². The summed E-state index contributed by atoms with van der Waals surface area (Å²) in [5, 5.41) is 0.511. The maximum Gasteiger partial charge on any atom is 0.255 e. The van der Waals surface area contributed by atoms with E-state index in [9.17, 15) is 4.79 Å². The zero-order valence-corrected chi connectivity index (χ0v) is 14.0. The highest BCUT2D eigenvalue weighted by molar-refractivity contribution is 9.10. The number of hydrogen-bond donors (Lipinski definition) is 0. The fourth-order valence-corrected chi connectivity index (χ4v) is 4.48. The molecule has 0 spiro atoms. The summed E-state index contributed by atoms with van der Waals surface area (Å²) in [5.74, 6) is 2.48. The minimum Gasteiger partial charge on any atom is -0.341 e. The van der Waals surface area contributed by atoms with Gasteiger partial charge in [-0.3, -0.25) is 4.79 Å². The lowest BCUT2D eigenvalue weighted by atomic mass is 9.88. The van der Waals surface area contributed by atoms with Crippen molar-refractivity contribution in [2.75, 3.05) is 13.6 Å². The van der Waals surface area contributed by atoms with E-state index in [2.05, 4.69) is 15.9 Å². The third-order valence-corrected chi connectivity index (χ3v) is 6.22. The number of halogens is 2. The Labute approximate surface area is 133 Å². The molecular formula is C16H19BrClNO. The number of amides is 1. The summed E-state index contributed by atoms with van der Waals surface area (Å²) < 4.78 is 0.776. The molecule has 0 aliphatic heterocycles. The SMILES string of the molecule is CN(CC1CC2CCC1C2)C(=O)c1cccc(Br)c1Cl. The fraction of sp³-hybridized carbons (Fsp3) is 0.562. The molecule has 108 valence electrons. The van der Waals surface area contributed by atoms with Gasteiger partial charge in [-0.2, -0.15) is 0 Å². The summed E-state index contributed by atoms with van der Waals surface area (Å²) in [5.41, 5.74) is 0.590. The van der Waals surface area contributed by atoms with Gasteiger partial charge in [-0.25, -0.2) is 0 Å². The molecule has 3 unspecified atom stereocenters. The Hall–Kier alpha value is -0.540. The minimum absolute atomic E-state index is 0.0269. The minimum atomic E-state index is 0.0269. The summed E-state index contributed by atoms with van der Waals surface area (Å²) in [6.07, 6.45) is 5.43. The molecule has 0 radical (unpaired) electrons. The van der Waals surface area contributed by atoms with Crippen molar-refractivity contribution in [3.8, 4) is 0 Å². The van der Waals surface area contributed by atoms with E-state index in [1.54, 1.807) is 6.07 Å². The molecule has 2 aliphatic rings. The van der Waals surface area contributed by atoms with E-state index < -0.39 is 0 Å². The van der Waals surface area contributed by atoms with Crippen LogP contribution < -0.4 is 0 Å². The van der Waals surface area contributed by atoms with Crippen molar-refractivity contribution in [2.24, 2.45) is 17.8 Å². The van der Waals surface area contributed by atoms with E-state index in [0.717, 1.165) is 22.9 Å². The van der Waals surface area contributed by atoms with Crippen LogP contribution in [0.1, 0.15) is 36.0 Å². The van der Waals surface area contributed by atoms with Crippen LogP contribution in [0.3, 0.4) is 0 Å². The molecule has 2 bridgehead atoms. The first-order valence-corrected chi connectivity index (χ1v) is 8.43. The molecule has 2 aliphatic carbocycles. The quantitative estimate of drug-likeness (QED) is 0.774. The predicted molar refractivity (Wildman–Crippen MR) is 85.1 cm³/mol. The van der Waals surface area contributed by atoms with Crippen molar-refractivity contribution >= 4 is 33.4 Å². The van der Waals surface area contributed by atoms with Gasteiger partial charge in [0.2, 0.25) is 0 Å². The van der Waals surface area contributed by atoms with Crippen molar-refractivity contribution in [3.05, 3.63) is 33.3 Å². The zero-order valence-electron chi connectivity index (χ0n) is 11.6.